The topological polar surface area (TPSA) is 6.48 Å². The number of fused-ring (bicyclic) bond motifs is 6. The van der Waals surface area contributed by atoms with Crippen molar-refractivity contribution in [3.8, 4) is 44.5 Å². The lowest BCUT2D eigenvalue weighted by atomic mass is 9.82. The molecule has 0 unspecified atom stereocenters. The Morgan fingerprint density at radius 3 is 1.11 bits per heavy atom. The molecule has 354 valence electrons. The van der Waals surface area contributed by atoms with E-state index < -0.39 is 0 Å². The standard InChI is InChI=1S/C70H50F2N2/c1-69(2)55-23-13-11-21-51(55)67-57(69)25-15-27-61(67)73(63-41-47(71)33-37-49(63)43-17-7-5-8-18-43)59-39-31-45-30-36-54-60(40-32-46-29-35-53(59)65(45)66(46)54)74(64-42-48(72)34-38-50(64)44-19-9-6-10-20-44)62-28-16-26-58-68(62)52-22-12-14-24-56(52)70(58,3)4/h5-42H,1-4H3. The van der Waals surface area contributed by atoms with Gasteiger partial charge in [0.25, 0.3) is 0 Å². The molecule has 0 spiro atoms. The van der Waals surface area contributed by atoms with Gasteiger partial charge >= 0.3 is 0 Å². The summed E-state index contributed by atoms with van der Waals surface area (Å²) in [5, 5.41) is 6.44. The van der Waals surface area contributed by atoms with Crippen LogP contribution in [0.25, 0.3) is 76.8 Å². The average molecular weight is 957 g/mol. The molecule has 0 fully saturated rings. The molecule has 2 aliphatic rings. The number of benzene rings is 12. The molecule has 2 aliphatic carbocycles. The molecule has 14 rings (SSSR count). The van der Waals surface area contributed by atoms with Crippen molar-refractivity contribution in [2.75, 3.05) is 9.80 Å². The van der Waals surface area contributed by atoms with E-state index in [2.05, 4.69) is 195 Å². The van der Waals surface area contributed by atoms with Gasteiger partial charge in [-0.05, 0) is 127 Å². The number of hydrogen-bond acceptors (Lipinski definition) is 2. The Bertz CT molecular complexity index is 3960. The molecule has 0 aromatic heterocycles. The molecule has 0 heterocycles. The molecule has 0 saturated carbocycles. The van der Waals surface area contributed by atoms with Crippen molar-refractivity contribution in [2.24, 2.45) is 0 Å². The molecule has 0 radical (unpaired) electrons. The maximum absolute atomic E-state index is 16.2. The SMILES string of the molecule is CC1(C)c2ccccc2-c2c(N(c3cc(F)ccc3-c3ccccc3)c3ccc4ccc5c(N(c6cc(F)ccc6-c6ccccc6)c6cccc7c6-c6ccccc6C7(C)C)ccc6ccc3c4c65)cccc21. The smallest absolute Gasteiger partial charge is 0.125 e. The van der Waals surface area contributed by atoms with Crippen LogP contribution in [0.4, 0.5) is 42.9 Å². The Morgan fingerprint density at radius 2 is 0.676 bits per heavy atom. The van der Waals surface area contributed by atoms with E-state index >= 15 is 8.78 Å². The fourth-order valence-electron chi connectivity index (χ4n) is 12.9. The van der Waals surface area contributed by atoms with E-state index in [0.717, 1.165) is 99.8 Å². The fourth-order valence-corrected chi connectivity index (χ4v) is 12.9. The molecule has 2 nitrogen and oxygen atoms in total. The van der Waals surface area contributed by atoms with Crippen LogP contribution in [-0.2, 0) is 10.8 Å². The zero-order chi connectivity index (χ0) is 50.0. The molecular weight excluding hydrogens is 907 g/mol. The van der Waals surface area contributed by atoms with Gasteiger partial charge in [0.05, 0.1) is 34.1 Å². The van der Waals surface area contributed by atoms with E-state index in [-0.39, 0.29) is 22.5 Å². The zero-order valence-electron chi connectivity index (χ0n) is 41.6. The van der Waals surface area contributed by atoms with Gasteiger partial charge in [-0.15, -0.1) is 0 Å². The van der Waals surface area contributed by atoms with E-state index in [1.165, 1.54) is 33.4 Å². The minimum absolute atomic E-state index is 0.262. The van der Waals surface area contributed by atoms with Gasteiger partial charge < -0.3 is 9.80 Å². The van der Waals surface area contributed by atoms with Crippen LogP contribution < -0.4 is 9.80 Å². The zero-order valence-corrected chi connectivity index (χ0v) is 41.6. The van der Waals surface area contributed by atoms with Crippen molar-refractivity contribution in [3.05, 3.63) is 264 Å². The Kier molecular flexibility index (Phi) is 9.68. The van der Waals surface area contributed by atoms with Gasteiger partial charge in [0.15, 0.2) is 0 Å². The van der Waals surface area contributed by atoms with E-state index in [9.17, 15) is 0 Å². The maximum Gasteiger partial charge on any atom is 0.125 e. The van der Waals surface area contributed by atoms with Crippen LogP contribution in [-0.4, -0.2) is 0 Å². The molecule has 0 aliphatic heterocycles. The highest BCUT2D eigenvalue weighted by Crippen LogP contribution is 2.58. The molecule has 0 N–H and O–H groups in total. The number of nitrogens with zero attached hydrogens (tertiary/aromatic N) is 2. The molecule has 0 atom stereocenters. The van der Waals surface area contributed by atoms with Crippen molar-refractivity contribution >= 4 is 66.4 Å². The van der Waals surface area contributed by atoms with E-state index in [4.69, 9.17) is 0 Å². The van der Waals surface area contributed by atoms with E-state index in [1.807, 2.05) is 48.5 Å². The van der Waals surface area contributed by atoms with Crippen molar-refractivity contribution < 1.29 is 8.78 Å². The first-order valence-electron chi connectivity index (χ1n) is 25.6. The predicted octanol–water partition coefficient (Wildman–Crippen LogP) is 19.7. The fraction of sp³-hybridized carbons (Fsp3) is 0.0857. The quantitative estimate of drug-likeness (QED) is 0.140. The van der Waals surface area contributed by atoms with Gasteiger partial charge in [-0.3, -0.25) is 0 Å². The summed E-state index contributed by atoms with van der Waals surface area (Å²) in [6, 6.07) is 79.5. The molecule has 4 heteroatoms. The summed E-state index contributed by atoms with van der Waals surface area (Å²) in [5.41, 5.74) is 18.3. The van der Waals surface area contributed by atoms with Gasteiger partial charge in [-0.25, -0.2) is 8.78 Å². The van der Waals surface area contributed by atoms with Crippen molar-refractivity contribution in [2.45, 2.75) is 38.5 Å². The number of halogens is 2. The summed E-state index contributed by atoms with van der Waals surface area (Å²) in [6.07, 6.45) is 0. The third-order valence-corrected chi connectivity index (χ3v) is 16.3. The number of rotatable bonds is 8. The molecule has 12 aromatic rings. The van der Waals surface area contributed by atoms with Gasteiger partial charge in [0.1, 0.15) is 11.6 Å². The van der Waals surface area contributed by atoms with Crippen LogP contribution in [0.15, 0.2) is 231 Å². The highest BCUT2D eigenvalue weighted by Gasteiger charge is 2.40. The van der Waals surface area contributed by atoms with Crippen LogP contribution in [0, 0.1) is 11.6 Å². The number of hydrogen-bond donors (Lipinski definition) is 0. The summed E-state index contributed by atoms with van der Waals surface area (Å²) in [5.74, 6) is -0.628. The van der Waals surface area contributed by atoms with Gasteiger partial charge in [0, 0.05) is 43.9 Å². The molecule has 0 saturated heterocycles. The van der Waals surface area contributed by atoms with Gasteiger partial charge in [-0.1, -0.05) is 198 Å². The van der Waals surface area contributed by atoms with Crippen LogP contribution in [0.1, 0.15) is 49.9 Å². The summed E-state index contributed by atoms with van der Waals surface area (Å²) in [4.78, 5) is 4.62. The Balaban J connectivity index is 1.07. The molecule has 0 amide bonds. The lowest BCUT2D eigenvalue weighted by molar-refractivity contribution is 0.628. The molecule has 12 aromatic carbocycles. The second-order valence-corrected chi connectivity index (χ2v) is 21.1. The van der Waals surface area contributed by atoms with Crippen molar-refractivity contribution in [1.82, 2.24) is 0 Å². The third kappa shape index (κ3) is 6.40. The van der Waals surface area contributed by atoms with Crippen LogP contribution in [0.3, 0.4) is 0 Å². The third-order valence-electron chi connectivity index (χ3n) is 16.3. The summed E-state index contributed by atoms with van der Waals surface area (Å²) in [7, 11) is 0. The van der Waals surface area contributed by atoms with Crippen LogP contribution in [0.2, 0.25) is 0 Å². The first kappa shape index (κ1) is 43.9. The Hall–Kier alpha value is -8.86. The molecule has 0 bridgehead atoms. The Labute approximate surface area is 430 Å². The van der Waals surface area contributed by atoms with Crippen molar-refractivity contribution in [1.29, 1.82) is 0 Å². The maximum atomic E-state index is 16.2. The second-order valence-electron chi connectivity index (χ2n) is 21.1. The van der Waals surface area contributed by atoms with Crippen LogP contribution in [0.5, 0.6) is 0 Å². The molecular formula is C70H50F2N2. The Morgan fingerprint density at radius 1 is 0.297 bits per heavy atom. The minimum Gasteiger partial charge on any atom is -0.309 e. The van der Waals surface area contributed by atoms with Crippen molar-refractivity contribution in [3.63, 3.8) is 0 Å². The lowest BCUT2D eigenvalue weighted by Gasteiger charge is -2.33. The summed E-state index contributed by atoms with van der Waals surface area (Å²) >= 11 is 0. The largest absolute Gasteiger partial charge is 0.309 e. The molecule has 74 heavy (non-hydrogen) atoms. The minimum atomic E-state index is -0.314. The highest BCUT2D eigenvalue weighted by molar-refractivity contribution is 6.28. The first-order valence-corrected chi connectivity index (χ1v) is 25.6. The second kappa shape index (κ2) is 16.3. The number of anilines is 6. The van der Waals surface area contributed by atoms with Gasteiger partial charge in [0.2, 0.25) is 0 Å². The average Bonchev–Trinajstić information content (AvgIpc) is 3.88. The van der Waals surface area contributed by atoms with Gasteiger partial charge in [-0.2, -0.15) is 0 Å². The summed E-state index contributed by atoms with van der Waals surface area (Å²) < 4.78 is 32.5. The normalized spacial score (nSPS) is 13.8. The highest BCUT2D eigenvalue weighted by atomic mass is 19.1. The predicted molar refractivity (Wildman–Crippen MR) is 305 cm³/mol. The monoisotopic (exact) mass is 956 g/mol. The first-order chi connectivity index (χ1) is 36.1. The lowest BCUT2D eigenvalue weighted by Crippen LogP contribution is -2.17. The van der Waals surface area contributed by atoms with Crippen LogP contribution >= 0.6 is 0 Å². The summed E-state index contributed by atoms with van der Waals surface area (Å²) in [6.45, 7) is 9.21. The van der Waals surface area contributed by atoms with E-state index in [0.29, 0.717) is 0 Å². The van der Waals surface area contributed by atoms with E-state index in [1.54, 1.807) is 24.3 Å².